The summed E-state index contributed by atoms with van der Waals surface area (Å²) in [5.41, 5.74) is 0. The molecular formula is C20H31N3O3. The van der Waals surface area contributed by atoms with Gasteiger partial charge < -0.3 is 15.1 Å². The maximum absolute atomic E-state index is 12.8. The van der Waals surface area contributed by atoms with Gasteiger partial charge in [0.15, 0.2) is 0 Å². The molecule has 0 aromatic rings. The Morgan fingerprint density at radius 3 is 2.23 bits per heavy atom. The van der Waals surface area contributed by atoms with Crippen LogP contribution in [0, 0.1) is 11.8 Å². The molecule has 26 heavy (non-hydrogen) atoms. The third-order valence-electron chi connectivity index (χ3n) is 6.62. The van der Waals surface area contributed by atoms with E-state index in [1.165, 1.54) is 19.3 Å². The molecule has 2 saturated heterocycles. The second-order valence-corrected chi connectivity index (χ2v) is 8.62. The zero-order valence-electron chi connectivity index (χ0n) is 15.6. The number of piperidine rings is 1. The molecule has 2 aliphatic heterocycles. The van der Waals surface area contributed by atoms with Gasteiger partial charge in [-0.1, -0.05) is 19.3 Å². The van der Waals surface area contributed by atoms with Crippen molar-refractivity contribution in [3.05, 3.63) is 0 Å². The van der Waals surface area contributed by atoms with E-state index in [-0.39, 0.29) is 35.6 Å². The number of nitrogens with one attached hydrogen (secondary N) is 1. The number of likely N-dealkylation sites (tertiary alicyclic amines) is 2. The van der Waals surface area contributed by atoms with Crippen LogP contribution in [0.3, 0.4) is 0 Å². The highest BCUT2D eigenvalue weighted by molar-refractivity contribution is 5.89. The van der Waals surface area contributed by atoms with Crippen LogP contribution in [0.4, 0.5) is 0 Å². The Hall–Kier alpha value is -1.59. The molecule has 1 N–H and O–H groups in total. The van der Waals surface area contributed by atoms with Gasteiger partial charge in [0.1, 0.15) is 0 Å². The van der Waals surface area contributed by atoms with E-state index in [2.05, 4.69) is 5.32 Å². The maximum atomic E-state index is 12.8. The minimum atomic E-state index is -0.156. The Kier molecular flexibility index (Phi) is 5.18. The molecule has 4 aliphatic rings. The molecule has 0 aromatic carbocycles. The maximum Gasteiger partial charge on any atom is 0.227 e. The first-order chi connectivity index (χ1) is 12.6. The summed E-state index contributed by atoms with van der Waals surface area (Å²) in [6.45, 7) is 2.01. The van der Waals surface area contributed by atoms with E-state index in [9.17, 15) is 14.4 Å². The second-order valence-electron chi connectivity index (χ2n) is 8.62. The molecule has 0 aromatic heterocycles. The van der Waals surface area contributed by atoms with Crippen molar-refractivity contribution in [3.63, 3.8) is 0 Å². The van der Waals surface area contributed by atoms with Crippen LogP contribution >= 0.6 is 0 Å². The molecule has 1 atom stereocenters. The van der Waals surface area contributed by atoms with E-state index in [1.807, 2.05) is 9.80 Å². The van der Waals surface area contributed by atoms with Gasteiger partial charge in [0, 0.05) is 44.1 Å². The number of hydrogen-bond acceptors (Lipinski definition) is 3. The topological polar surface area (TPSA) is 69.7 Å². The van der Waals surface area contributed by atoms with Crippen LogP contribution in [-0.4, -0.2) is 59.2 Å². The van der Waals surface area contributed by atoms with Crippen molar-refractivity contribution in [3.8, 4) is 0 Å². The standard InChI is InChI=1S/C20H31N3O3/c24-18-12-15(13-23(18)17-6-7-17)20(26)22-10-8-16(9-11-22)21-19(25)14-4-2-1-3-5-14/h14-17H,1-13H2,(H,21,25). The van der Waals surface area contributed by atoms with Gasteiger partial charge >= 0.3 is 0 Å². The van der Waals surface area contributed by atoms with E-state index in [1.54, 1.807) is 0 Å². The van der Waals surface area contributed by atoms with Crippen molar-refractivity contribution in [1.29, 1.82) is 0 Å². The first-order valence-corrected chi connectivity index (χ1v) is 10.5. The molecule has 6 heteroatoms. The van der Waals surface area contributed by atoms with E-state index in [0.717, 1.165) is 38.5 Å². The van der Waals surface area contributed by atoms with Gasteiger partial charge in [-0.25, -0.2) is 0 Å². The normalized spacial score (nSPS) is 28.5. The highest BCUT2D eigenvalue weighted by atomic mass is 16.2. The zero-order valence-corrected chi connectivity index (χ0v) is 15.6. The van der Waals surface area contributed by atoms with Crippen LogP contribution in [0.1, 0.15) is 64.2 Å². The molecule has 3 amide bonds. The number of nitrogens with zero attached hydrogens (tertiary/aromatic N) is 2. The van der Waals surface area contributed by atoms with Gasteiger partial charge in [0.05, 0.1) is 5.92 Å². The minimum absolute atomic E-state index is 0.138. The molecule has 2 aliphatic carbocycles. The van der Waals surface area contributed by atoms with Crippen molar-refractivity contribution in [2.45, 2.75) is 76.3 Å². The third kappa shape index (κ3) is 3.89. The predicted molar refractivity (Wildman–Crippen MR) is 97.2 cm³/mol. The van der Waals surface area contributed by atoms with Gasteiger partial charge in [-0.2, -0.15) is 0 Å². The summed E-state index contributed by atoms with van der Waals surface area (Å²) in [7, 11) is 0. The molecule has 4 fully saturated rings. The number of carbonyl (C=O) groups excluding carboxylic acids is 3. The number of rotatable bonds is 4. The largest absolute Gasteiger partial charge is 0.353 e. The van der Waals surface area contributed by atoms with Crippen molar-refractivity contribution in [1.82, 2.24) is 15.1 Å². The Balaban J connectivity index is 1.22. The summed E-state index contributed by atoms with van der Waals surface area (Å²) >= 11 is 0. The zero-order chi connectivity index (χ0) is 18.1. The van der Waals surface area contributed by atoms with Gasteiger partial charge in [-0.3, -0.25) is 14.4 Å². The molecule has 2 saturated carbocycles. The average Bonchev–Trinajstić information content (AvgIpc) is 3.44. The fraction of sp³-hybridized carbons (Fsp3) is 0.850. The molecule has 6 nitrogen and oxygen atoms in total. The smallest absolute Gasteiger partial charge is 0.227 e. The molecule has 1 unspecified atom stereocenters. The number of amides is 3. The van der Waals surface area contributed by atoms with Crippen molar-refractivity contribution < 1.29 is 14.4 Å². The summed E-state index contributed by atoms with van der Waals surface area (Å²) in [6, 6.07) is 0.600. The summed E-state index contributed by atoms with van der Waals surface area (Å²) in [5.74, 6) is 0.549. The van der Waals surface area contributed by atoms with E-state index < -0.39 is 0 Å². The molecule has 0 bridgehead atoms. The average molecular weight is 361 g/mol. The van der Waals surface area contributed by atoms with Gasteiger partial charge in [0.2, 0.25) is 17.7 Å². The lowest BCUT2D eigenvalue weighted by atomic mass is 9.88. The lowest BCUT2D eigenvalue weighted by Gasteiger charge is -2.34. The van der Waals surface area contributed by atoms with Crippen molar-refractivity contribution >= 4 is 17.7 Å². The van der Waals surface area contributed by atoms with Crippen LogP contribution in [0.2, 0.25) is 0 Å². The lowest BCUT2D eigenvalue weighted by Crippen LogP contribution is -2.49. The quantitative estimate of drug-likeness (QED) is 0.828. The molecule has 0 radical (unpaired) electrons. The van der Waals surface area contributed by atoms with Crippen LogP contribution in [0.15, 0.2) is 0 Å². The second kappa shape index (κ2) is 7.57. The van der Waals surface area contributed by atoms with E-state index in [4.69, 9.17) is 0 Å². The molecule has 4 rings (SSSR count). The number of carbonyl (C=O) groups is 3. The molecule has 2 heterocycles. The van der Waals surface area contributed by atoms with Crippen LogP contribution < -0.4 is 5.32 Å². The third-order valence-corrected chi connectivity index (χ3v) is 6.62. The van der Waals surface area contributed by atoms with Crippen molar-refractivity contribution in [2.24, 2.45) is 11.8 Å². The summed E-state index contributed by atoms with van der Waals surface area (Å²) < 4.78 is 0. The van der Waals surface area contributed by atoms with Crippen LogP contribution in [0.5, 0.6) is 0 Å². The van der Waals surface area contributed by atoms with E-state index in [0.29, 0.717) is 32.1 Å². The van der Waals surface area contributed by atoms with Gasteiger partial charge in [-0.15, -0.1) is 0 Å². The summed E-state index contributed by atoms with van der Waals surface area (Å²) in [4.78, 5) is 41.1. The molecule has 144 valence electrons. The van der Waals surface area contributed by atoms with Crippen LogP contribution in [0.25, 0.3) is 0 Å². The van der Waals surface area contributed by atoms with E-state index >= 15 is 0 Å². The minimum Gasteiger partial charge on any atom is -0.353 e. The predicted octanol–water partition coefficient (Wildman–Crippen LogP) is 1.68. The first kappa shape index (κ1) is 17.8. The Morgan fingerprint density at radius 1 is 0.885 bits per heavy atom. The van der Waals surface area contributed by atoms with Crippen LogP contribution in [-0.2, 0) is 14.4 Å². The highest BCUT2D eigenvalue weighted by Gasteiger charge is 2.43. The Labute approximate surface area is 155 Å². The number of hydrogen-bond donors (Lipinski definition) is 1. The monoisotopic (exact) mass is 361 g/mol. The molecular weight excluding hydrogens is 330 g/mol. The fourth-order valence-corrected chi connectivity index (χ4v) is 4.82. The SMILES string of the molecule is O=C(NC1CCN(C(=O)C2CC(=O)N(C3CC3)C2)CC1)C1CCCCC1. The fourth-order valence-electron chi connectivity index (χ4n) is 4.82. The Bertz CT molecular complexity index is 561. The van der Waals surface area contributed by atoms with Gasteiger partial charge in [0.25, 0.3) is 0 Å². The first-order valence-electron chi connectivity index (χ1n) is 10.5. The highest BCUT2D eigenvalue weighted by Crippen LogP contribution is 2.33. The molecule has 0 spiro atoms. The summed E-state index contributed by atoms with van der Waals surface area (Å²) in [5, 5.41) is 3.22. The lowest BCUT2D eigenvalue weighted by molar-refractivity contribution is -0.137. The Morgan fingerprint density at radius 2 is 1.58 bits per heavy atom. The summed E-state index contributed by atoms with van der Waals surface area (Å²) in [6.07, 6.45) is 9.88. The van der Waals surface area contributed by atoms with Gasteiger partial charge in [-0.05, 0) is 38.5 Å². The van der Waals surface area contributed by atoms with Crippen molar-refractivity contribution in [2.75, 3.05) is 19.6 Å².